The fraction of sp³-hybridized carbons (Fsp3) is 0.455. The summed E-state index contributed by atoms with van der Waals surface area (Å²) >= 11 is 11.7. The van der Waals surface area contributed by atoms with Crippen molar-refractivity contribution in [2.24, 2.45) is 0 Å². The molecule has 0 saturated carbocycles. The lowest BCUT2D eigenvalue weighted by atomic mass is 10.2. The average molecular weight is 281 g/mol. The fourth-order valence-electron chi connectivity index (χ4n) is 1.06. The molecule has 0 fully saturated rings. The zero-order chi connectivity index (χ0) is 12.6. The van der Waals surface area contributed by atoms with Gasteiger partial charge in [0, 0.05) is 10.0 Å². The van der Waals surface area contributed by atoms with E-state index in [1.54, 1.807) is 39.0 Å². The van der Waals surface area contributed by atoms with Crippen LogP contribution in [-0.2, 0) is 15.6 Å². The van der Waals surface area contributed by atoms with Crippen molar-refractivity contribution in [2.75, 3.05) is 0 Å². The first-order chi connectivity index (χ1) is 7.13. The summed E-state index contributed by atoms with van der Waals surface area (Å²) in [5, 5.41) is 0.891. The van der Waals surface area contributed by atoms with Crippen LogP contribution in [0.1, 0.15) is 26.3 Å². The molecule has 16 heavy (non-hydrogen) atoms. The molecule has 5 heteroatoms. The summed E-state index contributed by atoms with van der Waals surface area (Å²) < 4.78 is 23.2. The molecule has 1 aromatic carbocycles. The van der Waals surface area contributed by atoms with Crippen LogP contribution in [0.4, 0.5) is 0 Å². The molecule has 0 aliphatic heterocycles. The van der Waals surface area contributed by atoms with Gasteiger partial charge in [0.05, 0.1) is 10.5 Å². The van der Waals surface area contributed by atoms with Gasteiger partial charge in [-0.15, -0.1) is 0 Å². The Morgan fingerprint density at radius 1 is 1.19 bits per heavy atom. The van der Waals surface area contributed by atoms with Gasteiger partial charge >= 0.3 is 0 Å². The molecule has 0 saturated heterocycles. The minimum Gasteiger partial charge on any atom is -0.228 e. The van der Waals surface area contributed by atoms with Crippen molar-refractivity contribution in [2.45, 2.75) is 31.3 Å². The third-order valence-corrected chi connectivity index (χ3v) is 5.44. The Hall–Kier alpha value is -0.250. The van der Waals surface area contributed by atoms with E-state index in [2.05, 4.69) is 0 Å². The fourth-order valence-corrected chi connectivity index (χ4v) is 2.71. The summed E-state index contributed by atoms with van der Waals surface area (Å²) in [4.78, 5) is 0. The van der Waals surface area contributed by atoms with Crippen LogP contribution in [-0.4, -0.2) is 13.2 Å². The molecule has 0 unspecified atom stereocenters. The van der Waals surface area contributed by atoms with E-state index in [4.69, 9.17) is 23.2 Å². The lowest BCUT2D eigenvalue weighted by molar-refractivity contribution is 0.559. The Bertz CT molecular complexity index is 487. The highest BCUT2D eigenvalue weighted by atomic mass is 35.5. The first-order valence-electron chi connectivity index (χ1n) is 4.80. The van der Waals surface area contributed by atoms with Crippen molar-refractivity contribution in [3.63, 3.8) is 0 Å². The van der Waals surface area contributed by atoms with Gasteiger partial charge in [-0.1, -0.05) is 29.3 Å². The quantitative estimate of drug-likeness (QED) is 0.828. The second-order valence-electron chi connectivity index (χ2n) is 4.61. The Morgan fingerprint density at radius 3 is 2.19 bits per heavy atom. The smallest absolute Gasteiger partial charge is 0.159 e. The maximum atomic E-state index is 12.0. The van der Waals surface area contributed by atoms with Gasteiger partial charge in [0.1, 0.15) is 0 Å². The van der Waals surface area contributed by atoms with Crippen LogP contribution in [0.2, 0.25) is 10.0 Å². The van der Waals surface area contributed by atoms with E-state index in [0.29, 0.717) is 15.6 Å². The first-order valence-corrected chi connectivity index (χ1v) is 7.20. The van der Waals surface area contributed by atoms with Crippen LogP contribution < -0.4 is 0 Å². The van der Waals surface area contributed by atoms with Gasteiger partial charge < -0.3 is 0 Å². The molecule has 90 valence electrons. The van der Waals surface area contributed by atoms with E-state index in [1.807, 2.05) is 0 Å². The number of hydrogen-bond acceptors (Lipinski definition) is 2. The van der Waals surface area contributed by atoms with Crippen molar-refractivity contribution in [3.8, 4) is 0 Å². The minimum absolute atomic E-state index is 0.0630. The number of benzene rings is 1. The molecule has 0 aliphatic rings. The van der Waals surface area contributed by atoms with Gasteiger partial charge in [0.25, 0.3) is 0 Å². The van der Waals surface area contributed by atoms with Gasteiger partial charge in [-0.2, -0.15) is 0 Å². The summed E-state index contributed by atoms with van der Waals surface area (Å²) in [5.74, 6) is -0.0630. The summed E-state index contributed by atoms with van der Waals surface area (Å²) in [5.41, 5.74) is 0.584. The number of sulfone groups is 1. The SMILES string of the molecule is CC(C)(C)S(=O)(=O)Cc1ccc(Cl)cc1Cl. The van der Waals surface area contributed by atoms with Gasteiger partial charge in [-0.05, 0) is 38.5 Å². The maximum absolute atomic E-state index is 12.0. The summed E-state index contributed by atoms with van der Waals surface area (Å²) in [6.45, 7) is 5.02. The number of hydrogen-bond donors (Lipinski definition) is 0. The monoisotopic (exact) mass is 280 g/mol. The van der Waals surface area contributed by atoms with Crippen molar-refractivity contribution in [1.29, 1.82) is 0 Å². The van der Waals surface area contributed by atoms with Gasteiger partial charge in [-0.3, -0.25) is 0 Å². The minimum atomic E-state index is -3.21. The molecule has 2 nitrogen and oxygen atoms in total. The van der Waals surface area contributed by atoms with Crippen molar-refractivity contribution < 1.29 is 8.42 Å². The second kappa shape index (κ2) is 4.55. The largest absolute Gasteiger partial charge is 0.228 e. The maximum Gasteiger partial charge on any atom is 0.159 e. The van der Waals surface area contributed by atoms with Crippen LogP contribution in [0.15, 0.2) is 18.2 Å². The first kappa shape index (κ1) is 13.8. The third kappa shape index (κ3) is 3.12. The average Bonchev–Trinajstić information content (AvgIpc) is 2.08. The van der Waals surface area contributed by atoms with Crippen LogP contribution >= 0.6 is 23.2 Å². The molecule has 0 aromatic heterocycles. The molecule has 0 radical (unpaired) electrons. The molecular weight excluding hydrogens is 267 g/mol. The van der Waals surface area contributed by atoms with Crippen molar-refractivity contribution in [3.05, 3.63) is 33.8 Å². The van der Waals surface area contributed by atoms with E-state index < -0.39 is 14.6 Å². The van der Waals surface area contributed by atoms with Gasteiger partial charge in [-0.25, -0.2) is 8.42 Å². The summed E-state index contributed by atoms with van der Waals surface area (Å²) in [6.07, 6.45) is 0. The topological polar surface area (TPSA) is 34.1 Å². The molecule has 0 amide bonds. The van der Waals surface area contributed by atoms with Crippen LogP contribution in [0.5, 0.6) is 0 Å². The molecule has 0 aliphatic carbocycles. The Kier molecular flexibility index (Phi) is 3.93. The normalized spacial score (nSPS) is 12.8. The third-order valence-electron chi connectivity index (χ3n) is 2.29. The highest BCUT2D eigenvalue weighted by Crippen LogP contribution is 2.26. The zero-order valence-electron chi connectivity index (χ0n) is 9.42. The Morgan fingerprint density at radius 2 is 1.75 bits per heavy atom. The summed E-state index contributed by atoms with van der Waals surface area (Å²) in [7, 11) is -3.21. The van der Waals surface area contributed by atoms with Crippen LogP contribution in [0.25, 0.3) is 0 Å². The molecule has 1 rings (SSSR count). The predicted molar refractivity (Wildman–Crippen MR) is 68.8 cm³/mol. The lowest BCUT2D eigenvalue weighted by Gasteiger charge is -2.19. The molecular formula is C11H14Cl2O2S. The Labute approximate surface area is 106 Å². The zero-order valence-corrected chi connectivity index (χ0v) is 11.7. The van der Waals surface area contributed by atoms with E-state index in [1.165, 1.54) is 0 Å². The van der Waals surface area contributed by atoms with Gasteiger partial charge in [0.2, 0.25) is 0 Å². The van der Waals surface area contributed by atoms with E-state index >= 15 is 0 Å². The van der Waals surface area contributed by atoms with E-state index in [0.717, 1.165) is 0 Å². The van der Waals surface area contributed by atoms with Gasteiger partial charge in [0.15, 0.2) is 9.84 Å². The Balaban J connectivity index is 3.07. The van der Waals surface area contributed by atoms with Crippen molar-refractivity contribution in [1.82, 2.24) is 0 Å². The lowest BCUT2D eigenvalue weighted by Crippen LogP contribution is -2.29. The molecule has 0 heterocycles. The predicted octanol–water partition coefficient (Wildman–Crippen LogP) is 3.71. The van der Waals surface area contributed by atoms with E-state index in [9.17, 15) is 8.42 Å². The summed E-state index contributed by atoms with van der Waals surface area (Å²) in [6, 6.07) is 4.84. The number of halogens is 2. The standard InChI is InChI=1S/C11H14Cl2O2S/c1-11(2,3)16(14,15)7-8-4-5-9(12)6-10(8)13/h4-6H,7H2,1-3H3. The van der Waals surface area contributed by atoms with Crippen molar-refractivity contribution >= 4 is 33.0 Å². The van der Waals surface area contributed by atoms with E-state index in [-0.39, 0.29) is 5.75 Å². The number of rotatable bonds is 2. The molecule has 1 aromatic rings. The van der Waals surface area contributed by atoms with Crippen LogP contribution in [0, 0.1) is 0 Å². The molecule has 0 spiro atoms. The highest BCUT2D eigenvalue weighted by Gasteiger charge is 2.29. The molecule has 0 N–H and O–H groups in total. The highest BCUT2D eigenvalue weighted by molar-refractivity contribution is 7.91. The van der Waals surface area contributed by atoms with Crippen LogP contribution in [0.3, 0.4) is 0 Å². The molecule has 0 atom stereocenters. The second-order valence-corrected chi connectivity index (χ2v) is 8.19. The molecule has 0 bridgehead atoms.